The van der Waals surface area contributed by atoms with Gasteiger partial charge in [-0.15, -0.1) is 0 Å². The lowest BCUT2D eigenvalue weighted by Crippen LogP contribution is -1.99. The molecule has 2 N–H and O–H groups in total. The third-order valence-corrected chi connectivity index (χ3v) is 3.09. The Morgan fingerprint density at radius 3 is 2.60 bits per heavy atom. The molecule has 2 aromatic carbocycles. The maximum Gasteiger partial charge on any atom is 0.335 e. The second-order valence-electron chi connectivity index (χ2n) is 4.29. The summed E-state index contributed by atoms with van der Waals surface area (Å²) >= 11 is 6.05. The fourth-order valence-corrected chi connectivity index (χ4v) is 1.98. The molecule has 0 saturated heterocycles. The van der Waals surface area contributed by atoms with Crippen LogP contribution in [0.4, 0.5) is 11.4 Å². The average molecular weight is 287 g/mol. The number of nitriles is 1. The highest BCUT2D eigenvalue weighted by molar-refractivity contribution is 6.33. The molecule has 0 amide bonds. The first-order valence-corrected chi connectivity index (χ1v) is 6.19. The molecule has 0 fully saturated rings. The first-order chi connectivity index (χ1) is 9.51. The van der Waals surface area contributed by atoms with Gasteiger partial charge in [-0.1, -0.05) is 17.7 Å². The molecule has 0 aliphatic rings. The number of carbonyl (C=O) groups is 1. The fraction of sp³-hybridized carbons (Fsp3) is 0.0667. The Hall–Kier alpha value is -2.51. The Morgan fingerprint density at radius 2 is 2.00 bits per heavy atom. The van der Waals surface area contributed by atoms with E-state index in [0.29, 0.717) is 16.9 Å². The third-order valence-electron chi connectivity index (χ3n) is 2.78. The van der Waals surface area contributed by atoms with E-state index in [9.17, 15) is 4.79 Å². The molecule has 5 heteroatoms. The van der Waals surface area contributed by atoms with Crippen molar-refractivity contribution < 1.29 is 9.90 Å². The maximum absolute atomic E-state index is 10.8. The smallest absolute Gasteiger partial charge is 0.335 e. The van der Waals surface area contributed by atoms with E-state index < -0.39 is 5.97 Å². The summed E-state index contributed by atoms with van der Waals surface area (Å²) in [7, 11) is 0. The molecular weight excluding hydrogens is 276 g/mol. The SMILES string of the molecule is Cc1ccc(C#N)c(Nc2ccc(C(=O)O)cc2Cl)c1. The number of carboxylic acids is 1. The minimum absolute atomic E-state index is 0.116. The molecular formula is C15H11ClN2O2. The van der Waals surface area contributed by atoms with E-state index in [4.69, 9.17) is 22.0 Å². The van der Waals surface area contributed by atoms with E-state index >= 15 is 0 Å². The molecule has 0 spiro atoms. The van der Waals surface area contributed by atoms with Gasteiger partial charge in [-0.25, -0.2) is 4.79 Å². The van der Waals surface area contributed by atoms with Crippen molar-refractivity contribution in [3.8, 4) is 6.07 Å². The maximum atomic E-state index is 10.8. The fourth-order valence-electron chi connectivity index (χ4n) is 1.75. The minimum atomic E-state index is -1.04. The topological polar surface area (TPSA) is 73.1 Å². The van der Waals surface area contributed by atoms with Crippen LogP contribution in [0.1, 0.15) is 21.5 Å². The molecule has 4 nitrogen and oxygen atoms in total. The summed E-state index contributed by atoms with van der Waals surface area (Å²) in [5.74, 6) is -1.04. The van der Waals surface area contributed by atoms with Gasteiger partial charge in [0.1, 0.15) is 6.07 Å². The van der Waals surface area contributed by atoms with Crippen LogP contribution < -0.4 is 5.32 Å². The first kappa shape index (κ1) is 13.9. The van der Waals surface area contributed by atoms with E-state index in [1.807, 2.05) is 19.1 Å². The molecule has 0 saturated carbocycles. The number of rotatable bonds is 3. The summed E-state index contributed by atoms with van der Waals surface area (Å²) in [6.45, 7) is 1.92. The van der Waals surface area contributed by atoms with Crippen molar-refractivity contribution in [2.75, 3.05) is 5.32 Å². The Bertz CT molecular complexity index is 720. The number of halogens is 1. The molecule has 0 atom stereocenters. The highest BCUT2D eigenvalue weighted by atomic mass is 35.5. The van der Waals surface area contributed by atoms with Crippen LogP contribution in [0.15, 0.2) is 36.4 Å². The van der Waals surface area contributed by atoms with Gasteiger partial charge in [0.2, 0.25) is 0 Å². The van der Waals surface area contributed by atoms with Gasteiger partial charge < -0.3 is 10.4 Å². The van der Waals surface area contributed by atoms with E-state index in [-0.39, 0.29) is 10.6 Å². The van der Waals surface area contributed by atoms with Gasteiger partial charge >= 0.3 is 5.97 Å². The highest BCUT2D eigenvalue weighted by Crippen LogP contribution is 2.28. The third kappa shape index (κ3) is 2.90. The number of hydrogen-bond acceptors (Lipinski definition) is 3. The van der Waals surface area contributed by atoms with E-state index in [2.05, 4.69) is 11.4 Å². The lowest BCUT2D eigenvalue weighted by atomic mass is 10.1. The summed E-state index contributed by atoms with van der Waals surface area (Å²) in [6, 6.07) is 11.9. The zero-order chi connectivity index (χ0) is 14.7. The standard InChI is InChI=1S/C15H11ClN2O2/c1-9-2-3-11(8-17)14(6-9)18-13-5-4-10(15(19)20)7-12(13)16/h2-7,18H,1H3,(H,19,20). The van der Waals surface area contributed by atoms with E-state index in [1.165, 1.54) is 12.1 Å². The zero-order valence-electron chi connectivity index (χ0n) is 10.6. The summed E-state index contributed by atoms with van der Waals surface area (Å²) in [5, 5.41) is 21.3. The molecule has 0 aliphatic carbocycles. The first-order valence-electron chi connectivity index (χ1n) is 5.82. The van der Waals surface area contributed by atoms with Gasteiger partial charge in [-0.05, 0) is 42.8 Å². The van der Waals surface area contributed by atoms with Crippen LogP contribution in [0.2, 0.25) is 5.02 Å². The molecule has 0 bridgehead atoms. The largest absolute Gasteiger partial charge is 0.478 e. The molecule has 20 heavy (non-hydrogen) atoms. The van der Waals surface area contributed by atoms with Crippen LogP contribution in [0.5, 0.6) is 0 Å². The Balaban J connectivity index is 2.38. The van der Waals surface area contributed by atoms with Crippen molar-refractivity contribution in [3.63, 3.8) is 0 Å². The Morgan fingerprint density at radius 1 is 1.25 bits per heavy atom. The second kappa shape index (κ2) is 5.64. The zero-order valence-corrected chi connectivity index (χ0v) is 11.4. The van der Waals surface area contributed by atoms with E-state index in [0.717, 1.165) is 5.56 Å². The monoisotopic (exact) mass is 286 g/mol. The van der Waals surface area contributed by atoms with Gasteiger partial charge in [0.25, 0.3) is 0 Å². The molecule has 0 radical (unpaired) electrons. The summed E-state index contributed by atoms with van der Waals surface area (Å²) < 4.78 is 0. The van der Waals surface area contributed by atoms with Gasteiger partial charge in [0, 0.05) is 0 Å². The molecule has 0 aromatic heterocycles. The second-order valence-corrected chi connectivity index (χ2v) is 4.69. The molecule has 0 heterocycles. The van der Waals surface area contributed by atoms with Crippen LogP contribution in [0, 0.1) is 18.3 Å². The Kier molecular flexibility index (Phi) is 3.92. The van der Waals surface area contributed by atoms with Crippen molar-refractivity contribution in [2.24, 2.45) is 0 Å². The number of aromatic carboxylic acids is 1. The quantitative estimate of drug-likeness (QED) is 0.895. The van der Waals surface area contributed by atoms with Crippen LogP contribution in [0.3, 0.4) is 0 Å². The van der Waals surface area contributed by atoms with Gasteiger partial charge in [-0.2, -0.15) is 5.26 Å². The summed E-state index contributed by atoms with van der Waals surface area (Å²) in [4.78, 5) is 10.8. The number of nitrogens with one attached hydrogen (secondary N) is 1. The molecule has 2 rings (SSSR count). The summed E-state index contributed by atoms with van der Waals surface area (Å²) in [6.07, 6.45) is 0. The number of nitrogens with zero attached hydrogens (tertiary/aromatic N) is 1. The number of benzene rings is 2. The van der Waals surface area contributed by atoms with Crippen molar-refractivity contribution in [1.82, 2.24) is 0 Å². The predicted octanol–water partition coefficient (Wildman–Crippen LogP) is 3.96. The van der Waals surface area contributed by atoms with Crippen molar-refractivity contribution >= 4 is 28.9 Å². The van der Waals surface area contributed by atoms with Crippen LogP contribution in [-0.2, 0) is 0 Å². The lowest BCUT2D eigenvalue weighted by molar-refractivity contribution is 0.0697. The lowest BCUT2D eigenvalue weighted by Gasteiger charge is -2.11. The van der Waals surface area contributed by atoms with Crippen LogP contribution >= 0.6 is 11.6 Å². The van der Waals surface area contributed by atoms with Crippen LogP contribution in [0.25, 0.3) is 0 Å². The number of hydrogen-bond donors (Lipinski definition) is 2. The molecule has 100 valence electrons. The van der Waals surface area contributed by atoms with Crippen molar-refractivity contribution in [1.29, 1.82) is 5.26 Å². The number of anilines is 2. The van der Waals surface area contributed by atoms with Gasteiger partial charge in [-0.3, -0.25) is 0 Å². The molecule has 0 aliphatic heterocycles. The van der Waals surface area contributed by atoms with Gasteiger partial charge in [0.05, 0.1) is 27.5 Å². The predicted molar refractivity (Wildman–Crippen MR) is 77.6 cm³/mol. The average Bonchev–Trinajstić information content (AvgIpc) is 2.41. The normalized spacial score (nSPS) is 9.85. The van der Waals surface area contributed by atoms with Crippen LogP contribution in [-0.4, -0.2) is 11.1 Å². The van der Waals surface area contributed by atoms with Crippen molar-refractivity contribution in [2.45, 2.75) is 6.92 Å². The summed E-state index contributed by atoms with van der Waals surface area (Å²) in [5.41, 5.74) is 2.81. The Labute approximate surface area is 121 Å². The number of aryl methyl sites for hydroxylation is 1. The number of carboxylic acid groups (broad SMARTS) is 1. The van der Waals surface area contributed by atoms with Gasteiger partial charge in [0.15, 0.2) is 0 Å². The van der Waals surface area contributed by atoms with E-state index in [1.54, 1.807) is 12.1 Å². The van der Waals surface area contributed by atoms with Crippen molar-refractivity contribution in [3.05, 3.63) is 58.1 Å². The minimum Gasteiger partial charge on any atom is -0.478 e. The molecule has 0 unspecified atom stereocenters. The highest BCUT2D eigenvalue weighted by Gasteiger charge is 2.09. The molecule has 2 aromatic rings.